The molecule has 0 aromatic carbocycles. The van der Waals surface area contributed by atoms with E-state index in [2.05, 4.69) is 5.18 Å². The smallest absolute Gasteiger partial charge is 0.286 e. The minimum Gasteiger partial charge on any atom is -0.344 e. The molecule has 1 amide bonds. The van der Waals surface area contributed by atoms with E-state index >= 15 is 0 Å². The summed E-state index contributed by atoms with van der Waals surface area (Å²) in [5, 5.41) is 2.45. The first-order chi connectivity index (χ1) is 7.96. The van der Waals surface area contributed by atoms with Crippen LogP contribution in [-0.2, 0) is 14.3 Å². The first-order valence-electron chi connectivity index (χ1n) is 5.84. The Kier molecular flexibility index (Phi) is 3.14. The number of hydrogen-bond donors (Lipinski definition) is 0. The van der Waals surface area contributed by atoms with Crippen LogP contribution in [0.15, 0.2) is 16.8 Å². The van der Waals surface area contributed by atoms with E-state index in [9.17, 15) is 9.70 Å². The van der Waals surface area contributed by atoms with Crippen LogP contribution in [0, 0.1) is 10.8 Å². The van der Waals surface area contributed by atoms with Gasteiger partial charge in [0.15, 0.2) is 5.79 Å². The first kappa shape index (κ1) is 12.4. The van der Waals surface area contributed by atoms with Gasteiger partial charge in [0.2, 0.25) is 0 Å². The Morgan fingerprint density at radius 1 is 1.53 bits per heavy atom. The second-order valence-electron chi connectivity index (χ2n) is 5.01. The lowest BCUT2D eigenvalue weighted by atomic mass is 9.97. The minimum atomic E-state index is -0.603. The van der Waals surface area contributed by atoms with E-state index in [1.54, 1.807) is 0 Å². The number of hydrogen-bond acceptors (Lipinski definition) is 4. The molecule has 2 aliphatic rings. The number of amides is 1. The highest BCUT2D eigenvalue weighted by atomic mass is 16.8. The van der Waals surface area contributed by atoms with Gasteiger partial charge in [0.25, 0.3) is 5.91 Å². The standard InChI is InChI=1S/C12H17NO4/c1-4-8-7(6-10(14)13-15)5-9-11(8)17-12(2,3)16-9/h4,7,9,11H,5-6H2,1-3H3/b8-4+. The third-order valence-electron chi connectivity index (χ3n) is 3.36. The summed E-state index contributed by atoms with van der Waals surface area (Å²) in [6.07, 6.45) is 2.73. The Hall–Kier alpha value is -1.07. The van der Waals surface area contributed by atoms with Crippen molar-refractivity contribution < 1.29 is 14.3 Å². The Labute approximate surface area is 100 Å². The van der Waals surface area contributed by atoms with Crippen LogP contribution in [0.2, 0.25) is 0 Å². The van der Waals surface area contributed by atoms with Crippen LogP contribution in [0.4, 0.5) is 0 Å². The van der Waals surface area contributed by atoms with Crippen molar-refractivity contribution in [3.05, 3.63) is 16.6 Å². The van der Waals surface area contributed by atoms with E-state index in [0.29, 0.717) is 0 Å². The molecule has 0 N–H and O–H groups in total. The maximum absolute atomic E-state index is 11.1. The van der Waals surface area contributed by atoms with Gasteiger partial charge in [-0.05, 0) is 38.7 Å². The van der Waals surface area contributed by atoms with Gasteiger partial charge in [-0.2, -0.15) is 0 Å². The maximum Gasteiger partial charge on any atom is 0.286 e. The molecule has 1 heterocycles. The fourth-order valence-corrected chi connectivity index (χ4v) is 2.79. The number of rotatable bonds is 2. The van der Waals surface area contributed by atoms with Gasteiger partial charge in [0, 0.05) is 11.6 Å². The number of allylic oxidation sites excluding steroid dienone is 1. The summed E-state index contributed by atoms with van der Waals surface area (Å²) >= 11 is 0. The topological polar surface area (TPSA) is 65.0 Å². The van der Waals surface area contributed by atoms with Crippen molar-refractivity contribution in [2.24, 2.45) is 11.1 Å². The molecule has 0 radical (unpaired) electrons. The summed E-state index contributed by atoms with van der Waals surface area (Å²) in [5.74, 6) is -1.15. The largest absolute Gasteiger partial charge is 0.344 e. The molecule has 1 aliphatic carbocycles. The molecule has 2 rings (SSSR count). The zero-order chi connectivity index (χ0) is 12.6. The second kappa shape index (κ2) is 4.31. The minimum absolute atomic E-state index is 0.0133. The van der Waals surface area contributed by atoms with Crippen LogP contribution in [0.3, 0.4) is 0 Å². The fourth-order valence-electron chi connectivity index (χ4n) is 2.79. The lowest BCUT2D eigenvalue weighted by Gasteiger charge is -2.21. The molecule has 0 aromatic rings. The summed E-state index contributed by atoms with van der Waals surface area (Å²) in [4.78, 5) is 21.2. The Bertz CT molecular complexity index is 375. The molecule has 5 nitrogen and oxygen atoms in total. The van der Waals surface area contributed by atoms with Gasteiger partial charge in [0.05, 0.1) is 6.10 Å². The van der Waals surface area contributed by atoms with E-state index in [-0.39, 0.29) is 24.5 Å². The van der Waals surface area contributed by atoms with E-state index in [1.807, 2.05) is 26.8 Å². The van der Waals surface area contributed by atoms with Gasteiger partial charge in [0.1, 0.15) is 6.10 Å². The molecule has 2 fully saturated rings. The molecule has 5 heteroatoms. The molecule has 3 unspecified atom stereocenters. The molecule has 17 heavy (non-hydrogen) atoms. The Morgan fingerprint density at radius 2 is 2.24 bits per heavy atom. The van der Waals surface area contributed by atoms with Gasteiger partial charge in [-0.15, -0.1) is 4.91 Å². The molecule has 1 saturated heterocycles. The van der Waals surface area contributed by atoms with Crippen LogP contribution in [0.5, 0.6) is 0 Å². The zero-order valence-electron chi connectivity index (χ0n) is 10.3. The van der Waals surface area contributed by atoms with E-state index in [4.69, 9.17) is 9.47 Å². The average molecular weight is 239 g/mol. The zero-order valence-corrected chi connectivity index (χ0v) is 10.3. The third kappa shape index (κ3) is 2.30. The van der Waals surface area contributed by atoms with Crippen LogP contribution in [0.1, 0.15) is 33.6 Å². The summed E-state index contributed by atoms with van der Waals surface area (Å²) < 4.78 is 11.6. The number of carbonyl (C=O) groups is 1. The van der Waals surface area contributed by atoms with Gasteiger partial charge >= 0.3 is 0 Å². The van der Waals surface area contributed by atoms with Gasteiger partial charge in [-0.1, -0.05) is 6.08 Å². The molecule has 0 bridgehead atoms. The summed E-state index contributed by atoms with van der Waals surface area (Å²) in [6.45, 7) is 5.68. The highest BCUT2D eigenvalue weighted by molar-refractivity contribution is 5.77. The number of carbonyl (C=O) groups excluding carboxylic acids is 1. The van der Waals surface area contributed by atoms with Crippen molar-refractivity contribution in [1.29, 1.82) is 0 Å². The van der Waals surface area contributed by atoms with E-state index < -0.39 is 11.7 Å². The van der Waals surface area contributed by atoms with Crippen LogP contribution in [0.25, 0.3) is 0 Å². The molecular weight excluding hydrogens is 222 g/mol. The molecular formula is C12H17NO4. The second-order valence-corrected chi connectivity index (χ2v) is 5.01. The lowest BCUT2D eigenvalue weighted by molar-refractivity contribution is -0.149. The van der Waals surface area contributed by atoms with Gasteiger partial charge in [-0.3, -0.25) is 4.79 Å². The number of nitroso groups, excluding NO2 is 1. The van der Waals surface area contributed by atoms with Gasteiger partial charge in [-0.25, -0.2) is 0 Å². The maximum atomic E-state index is 11.1. The highest BCUT2D eigenvalue weighted by Gasteiger charge is 2.50. The van der Waals surface area contributed by atoms with Crippen LogP contribution in [-0.4, -0.2) is 23.9 Å². The average Bonchev–Trinajstić information content (AvgIpc) is 2.68. The number of fused-ring (bicyclic) bond motifs is 1. The predicted octanol–water partition coefficient (Wildman–Crippen LogP) is 2.16. The fraction of sp³-hybridized carbons (Fsp3) is 0.750. The summed E-state index contributed by atoms with van der Waals surface area (Å²) in [6, 6.07) is 0. The first-order valence-corrected chi connectivity index (χ1v) is 5.84. The number of ether oxygens (including phenoxy) is 2. The Balaban J connectivity index is 2.11. The highest BCUT2D eigenvalue weighted by Crippen LogP contribution is 2.45. The monoisotopic (exact) mass is 239 g/mol. The predicted molar refractivity (Wildman–Crippen MR) is 61.1 cm³/mol. The normalized spacial score (nSPS) is 37.1. The van der Waals surface area contributed by atoms with Crippen molar-refractivity contribution in [2.75, 3.05) is 0 Å². The molecule has 0 aromatic heterocycles. The van der Waals surface area contributed by atoms with E-state index in [0.717, 1.165) is 12.0 Å². The quantitative estimate of drug-likeness (QED) is 0.547. The van der Waals surface area contributed by atoms with Crippen molar-refractivity contribution in [2.45, 2.75) is 51.6 Å². The molecule has 1 aliphatic heterocycles. The van der Waals surface area contributed by atoms with Crippen LogP contribution < -0.4 is 0 Å². The summed E-state index contributed by atoms with van der Waals surface area (Å²) in [5.41, 5.74) is 1.05. The third-order valence-corrected chi connectivity index (χ3v) is 3.36. The van der Waals surface area contributed by atoms with Crippen molar-refractivity contribution in [1.82, 2.24) is 0 Å². The molecule has 94 valence electrons. The molecule has 0 spiro atoms. The van der Waals surface area contributed by atoms with Crippen molar-refractivity contribution in [3.63, 3.8) is 0 Å². The Morgan fingerprint density at radius 3 is 2.82 bits per heavy atom. The van der Waals surface area contributed by atoms with Crippen molar-refractivity contribution >= 4 is 5.91 Å². The molecule has 1 saturated carbocycles. The SMILES string of the molecule is C/C=C1\C(CC(=O)N=O)CC2OC(C)(C)OC12. The number of nitrogens with zero attached hydrogens (tertiary/aromatic N) is 1. The van der Waals surface area contributed by atoms with Crippen LogP contribution >= 0.6 is 0 Å². The van der Waals surface area contributed by atoms with Crippen molar-refractivity contribution in [3.8, 4) is 0 Å². The summed E-state index contributed by atoms with van der Waals surface area (Å²) in [7, 11) is 0. The van der Waals surface area contributed by atoms with E-state index in [1.165, 1.54) is 0 Å². The van der Waals surface area contributed by atoms with Gasteiger partial charge < -0.3 is 9.47 Å². The lowest BCUT2D eigenvalue weighted by Crippen LogP contribution is -2.24. The molecule has 3 atom stereocenters.